The lowest BCUT2D eigenvalue weighted by atomic mass is 9.85. The lowest BCUT2D eigenvalue weighted by molar-refractivity contribution is 0.00499. The van der Waals surface area contributed by atoms with Crippen molar-refractivity contribution in [3.05, 3.63) is 94.5 Å². The Balaban J connectivity index is 1.45. The Morgan fingerprint density at radius 1 is 0.535 bits per heavy atom. The summed E-state index contributed by atoms with van der Waals surface area (Å²) in [5, 5.41) is 5.95. The van der Waals surface area contributed by atoms with Gasteiger partial charge in [-0.1, -0.05) is 45.0 Å². The van der Waals surface area contributed by atoms with E-state index in [2.05, 4.69) is 31.4 Å². The number of carbonyl (C=O) groups excluding carboxylic acids is 2. The molecule has 43 heavy (non-hydrogen) atoms. The van der Waals surface area contributed by atoms with Crippen LogP contribution in [0.15, 0.2) is 66.7 Å². The highest BCUT2D eigenvalue weighted by Crippen LogP contribution is 2.25. The summed E-state index contributed by atoms with van der Waals surface area (Å²) in [4.78, 5) is 26.4. The maximum absolute atomic E-state index is 13.2. The van der Waals surface area contributed by atoms with Gasteiger partial charge in [0, 0.05) is 24.2 Å². The first-order valence-corrected chi connectivity index (χ1v) is 14.7. The van der Waals surface area contributed by atoms with Crippen molar-refractivity contribution < 1.29 is 33.3 Å². The highest BCUT2D eigenvalue weighted by molar-refractivity contribution is 6.00. The summed E-state index contributed by atoms with van der Waals surface area (Å²) < 4.78 is 28.1. The Kier molecular flexibility index (Phi) is 12.0. The maximum Gasteiger partial charge on any atom is 0.251 e. The van der Waals surface area contributed by atoms with E-state index in [1.54, 1.807) is 6.07 Å². The van der Waals surface area contributed by atoms with Crippen molar-refractivity contribution in [2.45, 2.75) is 39.3 Å². The van der Waals surface area contributed by atoms with Gasteiger partial charge < -0.3 is 34.3 Å². The monoisotopic (exact) mass is 590 g/mol. The van der Waals surface area contributed by atoms with Gasteiger partial charge in [0.05, 0.1) is 39.6 Å². The minimum Gasteiger partial charge on any atom is -0.491 e. The zero-order valence-corrected chi connectivity index (χ0v) is 25.3. The van der Waals surface area contributed by atoms with Crippen molar-refractivity contribution in [3.63, 3.8) is 0 Å². The first-order valence-electron chi connectivity index (χ1n) is 14.7. The second kappa shape index (κ2) is 16.1. The minimum absolute atomic E-state index is 0.248. The molecular formula is C34H42N2O7. The maximum atomic E-state index is 13.2. The van der Waals surface area contributed by atoms with Gasteiger partial charge in [-0.15, -0.1) is 0 Å². The molecule has 4 aliphatic heterocycles. The molecule has 0 saturated carbocycles. The first-order chi connectivity index (χ1) is 20.8. The highest BCUT2D eigenvalue weighted by Gasteiger charge is 2.20. The van der Waals surface area contributed by atoms with Gasteiger partial charge in [0.15, 0.2) is 0 Å². The molecule has 9 nitrogen and oxygen atoms in total. The van der Waals surface area contributed by atoms with Crippen molar-refractivity contribution in [1.29, 1.82) is 0 Å². The molecule has 0 aliphatic carbocycles. The van der Waals surface area contributed by atoms with Crippen LogP contribution in [0.25, 0.3) is 0 Å². The topological polar surface area (TPSA) is 104 Å². The molecule has 4 aliphatic rings. The Labute approximate surface area is 253 Å². The Bertz CT molecular complexity index is 1230. The Morgan fingerprint density at radius 3 is 1.28 bits per heavy atom. The van der Waals surface area contributed by atoms with Crippen molar-refractivity contribution in [3.8, 4) is 11.5 Å². The van der Waals surface area contributed by atoms with Crippen LogP contribution < -0.4 is 20.1 Å². The van der Waals surface area contributed by atoms with Gasteiger partial charge in [-0.3, -0.25) is 9.59 Å². The zero-order chi connectivity index (χ0) is 30.5. The number of ether oxygens (including phenoxy) is 5. The number of rotatable bonds is 0. The van der Waals surface area contributed by atoms with Gasteiger partial charge in [0.2, 0.25) is 0 Å². The lowest BCUT2D eigenvalue weighted by Gasteiger charge is -2.21. The fourth-order valence-electron chi connectivity index (χ4n) is 4.28. The van der Waals surface area contributed by atoms with E-state index in [0.717, 1.165) is 28.2 Å². The molecule has 2 N–H and O–H groups in total. The summed E-state index contributed by atoms with van der Waals surface area (Å²) in [7, 11) is 0. The predicted octanol–water partition coefficient (Wildman–Crippen LogP) is 4.67. The van der Waals surface area contributed by atoms with Crippen LogP contribution in [0.2, 0.25) is 0 Å². The molecule has 2 amide bonds. The number of hydrogen-bond acceptors (Lipinski definition) is 7. The molecule has 0 unspecified atom stereocenters. The summed E-state index contributed by atoms with van der Waals surface area (Å²) in [6.07, 6.45) is 0. The van der Waals surface area contributed by atoms with E-state index >= 15 is 0 Å². The minimum atomic E-state index is -0.252. The van der Waals surface area contributed by atoms with Crippen LogP contribution in [0.5, 0.6) is 11.5 Å². The quantitative estimate of drug-likeness (QED) is 0.392. The van der Waals surface area contributed by atoms with Crippen LogP contribution in [0.4, 0.5) is 0 Å². The Hall–Kier alpha value is -3.92. The molecule has 0 saturated heterocycles. The molecule has 9 heteroatoms. The van der Waals surface area contributed by atoms with E-state index in [1.165, 1.54) is 0 Å². The van der Waals surface area contributed by atoms with E-state index in [9.17, 15) is 9.59 Å². The molecule has 7 rings (SSSR count). The standard InChI is InChI=1S/C34H42N2O7/c1-34(2,3)29-21-27-20-28(22-29)33(38)36-24-26-6-10-31(11-7-26)43-19-17-41-15-13-39-12-14-40-16-18-42-30-8-4-25(5-9-30)23-35-32(27)37/h4-11,20-22H,12-19,23-24H2,1-3H3,(H,35,37)(H,36,38). The predicted molar refractivity (Wildman–Crippen MR) is 164 cm³/mol. The number of hydrogen-bond donors (Lipinski definition) is 2. The van der Waals surface area contributed by atoms with Gasteiger partial charge in [-0.05, 0) is 64.6 Å². The molecule has 0 aromatic heterocycles. The average Bonchev–Trinajstić information content (AvgIpc) is 3.01. The molecule has 3 aromatic rings. The molecule has 3 aromatic carbocycles. The number of nitrogens with one attached hydrogen (secondary N) is 2. The van der Waals surface area contributed by atoms with Crippen LogP contribution in [0.1, 0.15) is 58.2 Å². The van der Waals surface area contributed by atoms with Gasteiger partial charge in [0.25, 0.3) is 11.8 Å². The zero-order valence-electron chi connectivity index (χ0n) is 25.3. The van der Waals surface area contributed by atoms with E-state index < -0.39 is 0 Å². The van der Waals surface area contributed by atoms with E-state index in [0.29, 0.717) is 77.1 Å². The highest BCUT2D eigenvalue weighted by atomic mass is 16.6. The normalized spacial score (nSPS) is 16.8. The summed E-state index contributed by atoms with van der Waals surface area (Å²) >= 11 is 0. The summed E-state index contributed by atoms with van der Waals surface area (Å²) in [5.74, 6) is 0.949. The molecule has 0 spiro atoms. The second-order valence-corrected chi connectivity index (χ2v) is 11.2. The second-order valence-electron chi connectivity index (χ2n) is 11.2. The summed E-state index contributed by atoms with van der Waals surface area (Å²) in [5.41, 5.74) is 3.39. The van der Waals surface area contributed by atoms with E-state index in [1.807, 2.05) is 60.7 Å². The molecular weight excluding hydrogens is 548 g/mol. The SMILES string of the molecule is CC(C)(C)c1cc2cc(c1)C(=O)NCc1ccc(cc1)OCCOCCOCCOCCOc1ccc(cc1)CNC2=O. The summed E-state index contributed by atoms with van der Waals surface area (Å²) in [6, 6.07) is 20.5. The van der Waals surface area contributed by atoms with Crippen molar-refractivity contribution in [1.82, 2.24) is 10.6 Å². The molecule has 0 atom stereocenters. The smallest absolute Gasteiger partial charge is 0.251 e. The fraction of sp³-hybridized carbons (Fsp3) is 0.412. The van der Waals surface area contributed by atoms with Gasteiger partial charge >= 0.3 is 0 Å². The first kappa shape index (κ1) is 32.0. The lowest BCUT2D eigenvalue weighted by Crippen LogP contribution is -2.27. The van der Waals surface area contributed by atoms with Crippen LogP contribution in [0, 0.1) is 0 Å². The van der Waals surface area contributed by atoms with Crippen LogP contribution in [0.3, 0.4) is 0 Å². The van der Waals surface area contributed by atoms with Crippen LogP contribution in [-0.4, -0.2) is 64.7 Å². The van der Waals surface area contributed by atoms with Gasteiger partial charge in [-0.2, -0.15) is 0 Å². The molecule has 0 radical (unpaired) electrons. The van der Waals surface area contributed by atoms with Gasteiger partial charge in [0.1, 0.15) is 24.7 Å². The van der Waals surface area contributed by atoms with Crippen molar-refractivity contribution in [2.75, 3.05) is 52.9 Å². The molecule has 230 valence electrons. The average molecular weight is 591 g/mol. The van der Waals surface area contributed by atoms with Crippen LogP contribution in [-0.2, 0) is 32.7 Å². The third-order valence-electron chi connectivity index (χ3n) is 6.81. The van der Waals surface area contributed by atoms with Crippen LogP contribution >= 0.6 is 0 Å². The third-order valence-corrected chi connectivity index (χ3v) is 6.81. The van der Waals surface area contributed by atoms with E-state index in [4.69, 9.17) is 23.7 Å². The fourth-order valence-corrected chi connectivity index (χ4v) is 4.28. The van der Waals surface area contributed by atoms with Gasteiger partial charge in [-0.25, -0.2) is 0 Å². The van der Waals surface area contributed by atoms with Crippen molar-refractivity contribution >= 4 is 11.8 Å². The van der Waals surface area contributed by atoms with Crippen molar-refractivity contribution in [2.24, 2.45) is 0 Å². The number of amides is 2. The number of benzene rings is 3. The largest absolute Gasteiger partial charge is 0.491 e. The Morgan fingerprint density at radius 2 is 0.907 bits per heavy atom. The summed E-state index contributed by atoms with van der Waals surface area (Å²) in [6.45, 7) is 10.5. The molecule has 0 fully saturated rings. The van der Waals surface area contributed by atoms with E-state index in [-0.39, 0.29) is 17.2 Å². The molecule has 6 bridgehead atoms. The third kappa shape index (κ3) is 10.7. The number of carbonyl (C=O) groups is 2. The molecule has 4 heterocycles.